The zero-order chi connectivity index (χ0) is 10.5. The summed E-state index contributed by atoms with van der Waals surface area (Å²) in [7, 11) is -4.79. The van der Waals surface area contributed by atoms with Crippen LogP contribution in [0, 0.1) is 0 Å². The molecule has 0 aliphatic rings. The van der Waals surface area contributed by atoms with Gasteiger partial charge in [0.25, 0.3) is 10.1 Å². The first-order chi connectivity index (χ1) is 5.83. The van der Waals surface area contributed by atoms with Crippen molar-refractivity contribution in [2.75, 3.05) is 19.3 Å². The Labute approximate surface area is 78.6 Å². The Balaban J connectivity index is 3.79. The van der Waals surface area contributed by atoms with Gasteiger partial charge in [-0.25, -0.2) is 0 Å². The Kier molecular flexibility index (Phi) is 5.11. The molecular formula is C5H12NO5S2+. The van der Waals surface area contributed by atoms with E-state index in [0.717, 1.165) is 3.95 Å². The molecule has 6 nitrogen and oxygen atoms in total. The van der Waals surface area contributed by atoms with Crippen molar-refractivity contribution in [3.8, 4) is 0 Å². The van der Waals surface area contributed by atoms with E-state index >= 15 is 0 Å². The van der Waals surface area contributed by atoms with Crippen LogP contribution in [-0.4, -0.2) is 44.7 Å². The zero-order valence-corrected chi connectivity index (χ0v) is 8.81. The molecule has 0 fully saturated rings. The van der Waals surface area contributed by atoms with E-state index in [1.165, 1.54) is 7.05 Å². The predicted octanol–water partition coefficient (Wildman–Crippen LogP) is -0.641. The average Bonchev–Trinajstić information content (AvgIpc) is 1.95. The smallest absolute Gasteiger partial charge is 0.286 e. The minimum absolute atomic E-state index is 0.250. The fourth-order valence-corrected chi connectivity index (χ4v) is 1.54. The van der Waals surface area contributed by atoms with Crippen LogP contribution in [0.4, 0.5) is 0 Å². The Bertz CT molecular complexity index is 371. The summed E-state index contributed by atoms with van der Waals surface area (Å²) >= 11 is 0. The van der Waals surface area contributed by atoms with Crippen LogP contribution in [0.2, 0.25) is 0 Å². The second-order valence-electron chi connectivity index (χ2n) is 2.56. The van der Waals surface area contributed by atoms with Crippen LogP contribution in [0.1, 0.15) is 12.8 Å². The molecule has 0 saturated heterocycles. The van der Waals surface area contributed by atoms with Crippen molar-refractivity contribution in [2.45, 2.75) is 12.8 Å². The highest BCUT2D eigenvalue weighted by Gasteiger charge is 2.05. The standard InChI is InChI=1S/C5H11NO5S2/c1-6(12(7)8)4-2-3-5-13(9,10)11/h2-5H2,1H3/p+1. The van der Waals surface area contributed by atoms with Gasteiger partial charge in [-0.05, 0) is 6.42 Å². The summed E-state index contributed by atoms with van der Waals surface area (Å²) < 4.78 is 50.3. The molecule has 0 radical (unpaired) electrons. The van der Waals surface area contributed by atoms with Crippen LogP contribution in [-0.2, 0) is 20.6 Å². The van der Waals surface area contributed by atoms with Crippen molar-refractivity contribution in [2.24, 2.45) is 0 Å². The van der Waals surface area contributed by atoms with E-state index in [0.29, 0.717) is 6.42 Å². The molecule has 0 aromatic heterocycles. The summed E-state index contributed by atoms with van der Waals surface area (Å²) in [5.74, 6) is -0.327. The van der Waals surface area contributed by atoms with E-state index < -0.39 is 20.6 Å². The predicted molar refractivity (Wildman–Crippen MR) is 45.6 cm³/mol. The second-order valence-corrected chi connectivity index (χ2v) is 5.19. The van der Waals surface area contributed by atoms with Gasteiger partial charge >= 0.3 is 10.5 Å². The first-order valence-electron chi connectivity index (χ1n) is 3.58. The summed E-state index contributed by atoms with van der Waals surface area (Å²) in [6, 6.07) is 0. The monoisotopic (exact) mass is 230 g/mol. The minimum Gasteiger partial charge on any atom is -0.286 e. The van der Waals surface area contributed by atoms with Gasteiger partial charge in [0.15, 0.2) is 13.6 Å². The third-order valence-corrected chi connectivity index (χ3v) is 2.88. The molecule has 78 valence electrons. The third-order valence-electron chi connectivity index (χ3n) is 1.38. The Morgan fingerprint density at radius 2 is 1.85 bits per heavy atom. The number of hydrogen-bond acceptors (Lipinski definition) is 4. The van der Waals surface area contributed by atoms with Crippen LogP contribution in [0.15, 0.2) is 0 Å². The molecule has 8 heteroatoms. The molecule has 0 spiro atoms. The van der Waals surface area contributed by atoms with Gasteiger partial charge in [-0.15, -0.1) is 12.4 Å². The lowest BCUT2D eigenvalue weighted by molar-refractivity contribution is -0.472. The molecule has 1 N–H and O–H groups in total. The Morgan fingerprint density at radius 3 is 2.23 bits per heavy atom. The van der Waals surface area contributed by atoms with Crippen LogP contribution in [0.3, 0.4) is 0 Å². The maximum atomic E-state index is 10.2. The molecule has 0 amide bonds. The Morgan fingerprint density at radius 1 is 1.31 bits per heavy atom. The Hall–Kier alpha value is -0.470. The summed E-state index contributed by atoms with van der Waals surface area (Å²) in [5.41, 5.74) is 0. The molecule has 0 aliphatic heterocycles. The van der Waals surface area contributed by atoms with Crippen molar-refractivity contribution < 1.29 is 25.3 Å². The van der Waals surface area contributed by atoms with Crippen molar-refractivity contribution >= 4 is 20.6 Å². The summed E-state index contributed by atoms with van der Waals surface area (Å²) in [4.78, 5) is 0. The highest BCUT2D eigenvalue weighted by Crippen LogP contribution is 1.93. The molecule has 0 aromatic carbocycles. The summed E-state index contributed by atoms with van der Waals surface area (Å²) in [6.45, 7) is 0.256. The van der Waals surface area contributed by atoms with Crippen LogP contribution >= 0.6 is 0 Å². The molecule has 0 aromatic rings. The highest BCUT2D eigenvalue weighted by atomic mass is 32.2. The number of nitrogens with zero attached hydrogens (tertiary/aromatic N) is 1. The van der Waals surface area contributed by atoms with Gasteiger partial charge in [0.05, 0.1) is 5.75 Å². The van der Waals surface area contributed by atoms with Crippen LogP contribution in [0.25, 0.3) is 0 Å². The van der Waals surface area contributed by atoms with Crippen molar-refractivity contribution in [1.82, 2.24) is 0 Å². The maximum Gasteiger partial charge on any atom is 0.458 e. The van der Waals surface area contributed by atoms with Gasteiger partial charge < -0.3 is 0 Å². The number of hydrogen-bond donors (Lipinski definition) is 1. The van der Waals surface area contributed by atoms with Gasteiger partial charge in [-0.1, -0.05) is 0 Å². The van der Waals surface area contributed by atoms with Crippen LogP contribution < -0.4 is 0 Å². The molecule has 0 bridgehead atoms. The fraction of sp³-hybridized carbons (Fsp3) is 1.00. The van der Waals surface area contributed by atoms with Gasteiger partial charge in [0.2, 0.25) is 0 Å². The van der Waals surface area contributed by atoms with Crippen molar-refractivity contribution in [1.29, 1.82) is 0 Å². The van der Waals surface area contributed by atoms with E-state index in [1.54, 1.807) is 0 Å². The van der Waals surface area contributed by atoms with Gasteiger partial charge in [0.1, 0.15) is 0 Å². The van der Waals surface area contributed by atoms with Crippen LogP contribution in [0.5, 0.6) is 0 Å². The fourth-order valence-electron chi connectivity index (χ4n) is 0.693. The first-order valence-corrected chi connectivity index (χ1v) is 6.22. The van der Waals surface area contributed by atoms with Gasteiger partial charge in [0, 0.05) is 6.42 Å². The normalized spacial score (nSPS) is 11.2. The van der Waals surface area contributed by atoms with E-state index in [-0.39, 0.29) is 18.7 Å². The summed E-state index contributed by atoms with van der Waals surface area (Å²) in [6.07, 6.45) is 0.657. The topological polar surface area (TPSA) is 91.5 Å². The zero-order valence-electron chi connectivity index (χ0n) is 7.17. The largest absolute Gasteiger partial charge is 0.458 e. The highest BCUT2D eigenvalue weighted by molar-refractivity contribution is 7.85. The van der Waals surface area contributed by atoms with Gasteiger partial charge in [-0.2, -0.15) is 8.42 Å². The maximum absolute atomic E-state index is 10.2. The van der Waals surface area contributed by atoms with Gasteiger partial charge in [-0.3, -0.25) is 4.55 Å². The molecule has 0 unspecified atom stereocenters. The SMILES string of the molecule is C[N+](CCCCS(=O)(=O)O)=S(=O)=O. The lowest BCUT2D eigenvalue weighted by Crippen LogP contribution is -2.09. The van der Waals surface area contributed by atoms with E-state index in [2.05, 4.69) is 0 Å². The molecule has 0 atom stereocenters. The second kappa shape index (κ2) is 5.30. The van der Waals surface area contributed by atoms with Crippen molar-refractivity contribution in [3.05, 3.63) is 0 Å². The summed E-state index contributed by atoms with van der Waals surface area (Å²) in [5, 5.41) is 0. The number of rotatable bonds is 5. The molecule has 0 rings (SSSR count). The molecule has 0 saturated carbocycles. The molecule has 0 heterocycles. The molecule has 0 aliphatic carbocycles. The van der Waals surface area contributed by atoms with E-state index in [9.17, 15) is 16.8 Å². The van der Waals surface area contributed by atoms with E-state index in [4.69, 9.17) is 4.55 Å². The van der Waals surface area contributed by atoms with Crippen molar-refractivity contribution in [3.63, 3.8) is 0 Å². The average molecular weight is 230 g/mol. The molecule has 13 heavy (non-hydrogen) atoms. The van der Waals surface area contributed by atoms with E-state index in [1.807, 2.05) is 0 Å². The quantitative estimate of drug-likeness (QED) is 0.385. The molecular weight excluding hydrogens is 218 g/mol. The lowest BCUT2D eigenvalue weighted by atomic mass is 10.3. The lowest BCUT2D eigenvalue weighted by Gasteiger charge is -1.93. The number of unbranched alkanes of at least 4 members (excludes halogenated alkanes) is 1. The third kappa shape index (κ3) is 7.88. The minimum atomic E-state index is -3.91. The first kappa shape index (κ1) is 12.5.